The van der Waals surface area contributed by atoms with Gasteiger partial charge in [0.1, 0.15) is 4.83 Å². The molecule has 0 aliphatic heterocycles. The molecule has 0 radical (unpaired) electrons. The monoisotopic (exact) mass is 388 g/mol. The van der Waals surface area contributed by atoms with E-state index in [0.717, 1.165) is 46.0 Å². The van der Waals surface area contributed by atoms with E-state index < -0.39 is 0 Å². The Balaban J connectivity index is 2.11. The maximum atomic E-state index is 13.2. The summed E-state index contributed by atoms with van der Waals surface area (Å²) in [5.74, 6) is 1.43. The average molecular weight is 389 g/mol. The average Bonchev–Trinajstić information content (AvgIpc) is 2.92. The third kappa shape index (κ3) is 3.70. The predicted molar refractivity (Wildman–Crippen MR) is 115 cm³/mol. The van der Waals surface area contributed by atoms with E-state index in [0.29, 0.717) is 17.9 Å². The van der Waals surface area contributed by atoms with Crippen molar-refractivity contribution in [1.82, 2.24) is 9.55 Å². The number of nitrogens with zero attached hydrogens (tertiary/aromatic N) is 2. The quantitative estimate of drug-likeness (QED) is 0.387. The highest BCUT2D eigenvalue weighted by atomic mass is 32.2. The standard InChI is InChI=1S/C21H28N2OS2/c1-7-10-23-19(24)17-15-9-8-14(21(4,5)6)11-16(15)26-18(17)22-20(23)25-12-13(2)3/h7,14H,1-2,8-12H2,3-6H3/t14-/m1/s1. The van der Waals surface area contributed by atoms with Gasteiger partial charge in [-0.05, 0) is 43.1 Å². The Labute approximate surface area is 164 Å². The van der Waals surface area contributed by atoms with Crippen molar-refractivity contribution in [2.24, 2.45) is 11.3 Å². The van der Waals surface area contributed by atoms with Crippen LogP contribution in [0.15, 0.2) is 34.8 Å². The van der Waals surface area contributed by atoms with Crippen LogP contribution < -0.4 is 5.56 Å². The third-order valence-corrected chi connectivity index (χ3v) is 7.47. The molecule has 1 aliphatic carbocycles. The first-order chi connectivity index (χ1) is 12.2. The Morgan fingerprint density at radius 1 is 1.46 bits per heavy atom. The summed E-state index contributed by atoms with van der Waals surface area (Å²) in [5.41, 5.74) is 2.71. The van der Waals surface area contributed by atoms with Gasteiger partial charge in [0, 0.05) is 17.2 Å². The summed E-state index contributed by atoms with van der Waals surface area (Å²) in [6, 6.07) is 0. The van der Waals surface area contributed by atoms with Gasteiger partial charge in [-0.2, -0.15) is 0 Å². The molecule has 3 rings (SSSR count). The van der Waals surface area contributed by atoms with Crippen LogP contribution in [0.1, 0.15) is 44.6 Å². The molecule has 1 atom stereocenters. The molecule has 3 nitrogen and oxygen atoms in total. The second-order valence-corrected chi connectivity index (χ2v) is 10.4. The summed E-state index contributed by atoms with van der Waals surface area (Å²) in [7, 11) is 0. The van der Waals surface area contributed by atoms with Crippen LogP contribution in [0.25, 0.3) is 10.2 Å². The van der Waals surface area contributed by atoms with Gasteiger partial charge in [0.25, 0.3) is 5.56 Å². The smallest absolute Gasteiger partial charge is 0.263 e. The number of hydrogen-bond donors (Lipinski definition) is 0. The number of hydrogen-bond acceptors (Lipinski definition) is 4. The van der Waals surface area contributed by atoms with E-state index in [2.05, 4.69) is 33.9 Å². The van der Waals surface area contributed by atoms with Crippen molar-refractivity contribution in [1.29, 1.82) is 0 Å². The molecule has 2 aromatic heterocycles. The fraction of sp³-hybridized carbons (Fsp3) is 0.524. The van der Waals surface area contributed by atoms with Crippen molar-refractivity contribution in [3.8, 4) is 0 Å². The van der Waals surface area contributed by atoms with Crippen LogP contribution in [-0.2, 0) is 19.4 Å². The molecule has 0 amide bonds. The molecule has 0 saturated carbocycles. The summed E-state index contributed by atoms with van der Waals surface area (Å²) in [6.45, 7) is 17.2. The number of thiophene rings is 1. The minimum Gasteiger partial charge on any atom is -0.283 e. The van der Waals surface area contributed by atoms with Crippen LogP contribution in [0.4, 0.5) is 0 Å². The van der Waals surface area contributed by atoms with Crippen LogP contribution in [0.5, 0.6) is 0 Å². The highest BCUT2D eigenvalue weighted by Gasteiger charge is 2.32. The van der Waals surface area contributed by atoms with Crippen molar-refractivity contribution < 1.29 is 0 Å². The maximum Gasteiger partial charge on any atom is 0.263 e. The minimum atomic E-state index is 0.0887. The van der Waals surface area contributed by atoms with Crippen LogP contribution in [-0.4, -0.2) is 15.3 Å². The normalized spacial score (nSPS) is 17.3. The van der Waals surface area contributed by atoms with Gasteiger partial charge in [0.15, 0.2) is 5.16 Å². The molecule has 0 N–H and O–H groups in total. The number of thioether (sulfide) groups is 1. The van der Waals surface area contributed by atoms with Gasteiger partial charge < -0.3 is 0 Å². The molecule has 5 heteroatoms. The van der Waals surface area contributed by atoms with Crippen LogP contribution in [0.2, 0.25) is 0 Å². The highest BCUT2D eigenvalue weighted by molar-refractivity contribution is 7.99. The number of aromatic nitrogens is 2. The van der Waals surface area contributed by atoms with Crippen LogP contribution in [0, 0.1) is 11.3 Å². The lowest BCUT2D eigenvalue weighted by molar-refractivity contribution is 0.218. The summed E-state index contributed by atoms with van der Waals surface area (Å²) in [4.78, 5) is 20.4. The molecule has 140 valence electrons. The Morgan fingerprint density at radius 2 is 2.19 bits per heavy atom. The van der Waals surface area contributed by atoms with E-state index in [9.17, 15) is 4.79 Å². The molecule has 2 heterocycles. The summed E-state index contributed by atoms with van der Waals surface area (Å²) >= 11 is 3.31. The molecule has 0 unspecified atom stereocenters. The molecule has 26 heavy (non-hydrogen) atoms. The lowest BCUT2D eigenvalue weighted by Crippen LogP contribution is -2.27. The number of fused-ring (bicyclic) bond motifs is 3. The Morgan fingerprint density at radius 3 is 2.81 bits per heavy atom. The number of rotatable bonds is 5. The van der Waals surface area contributed by atoms with Gasteiger partial charge in [-0.15, -0.1) is 17.9 Å². The predicted octanol–water partition coefficient (Wildman–Crippen LogP) is 5.46. The van der Waals surface area contributed by atoms with Gasteiger partial charge in [0.05, 0.1) is 5.39 Å². The van der Waals surface area contributed by atoms with Gasteiger partial charge in [-0.25, -0.2) is 4.98 Å². The molecule has 0 fully saturated rings. The second kappa shape index (κ2) is 7.35. The Hall–Kier alpha value is -1.33. The maximum absolute atomic E-state index is 13.2. The summed E-state index contributed by atoms with van der Waals surface area (Å²) < 4.78 is 1.77. The third-order valence-electron chi connectivity index (χ3n) is 5.12. The zero-order chi connectivity index (χ0) is 19.1. The fourth-order valence-corrected chi connectivity index (χ4v) is 5.76. The molecule has 0 saturated heterocycles. The molecular formula is C21H28N2OS2. The lowest BCUT2D eigenvalue weighted by atomic mass is 9.72. The molecule has 0 bridgehead atoms. The van der Waals surface area contributed by atoms with Gasteiger partial charge in [-0.3, -0.25) is 9.36 Å². The van der Waals surface area contributed by atoms with E-state index >= 15 is 0 Å². The van der Waals surface area contributed by atoms with Crippen molar-refractivity contribution in [2.45, 2.75) is 58.7 Å². The molecule has 0 aromatic carbocycles. The largest absolute Gasteiger partial charge is 0.283 e. The van der Waals surface area contributed by atoms with Crippen molar-refractivity contribution in [3.63, 3.8) is 0 Å². The van der Waals surface area contributed by atoms with Gasteiger partial charge >= 0.3 is 0 Å². The number of aryl methyl sites for hydroxylation is 1. The lowest BCUT2D eigenvalue weighted by Gasteiger charge is -2.33. The van der Waals surface area contributed by atoms with E-state index in [1.165, 1.54) is 10.4 Å². The molecular weight excluding hydrogens is 360 g/mol. The summed E-state index contributed by atoms with van der Waals surface area (Å²) in [6.07, 6.45) is 4.97. The van der Waals surface area contributed by atoms with Crippen molar-refractivity contribution in [3.05, 3.63) is 45.6 Å². The van der Waals surface area contributed by atoms with Crippen molar-refractivity contribution >= 4 is 33.3 Å². The van der Waals surface area contributed by atoms with E-state index in [4.69, 9.17) is 4.98 Å². The Kier molecular flexibility index (Phi) is 5.50. The van der Waals surface area contributed by atoms with E-state index in [1.54, 1.807) is 33.7 Å². The second-order valence-electron chi connectivity index (χ2n) is 8.33. The van der Waals surface area contributed by atoms with E-state index in [1.807, 2.05) is 6.92 Å². The molecule has 1 aliphatic rings. The zero-order valence-electron chi connectivity index (χ0n) is 16.2. The SMILES string of the molecule is C=CCn1c(SCC(=C)C)nc2sc3c(c2c1=O)CC[C@@H](C(C)(C)C)C3. The summed E-state index contributed by atoms with van der Waals surface area (Å²) in [5, 5.41) is 1.62. The van der Waals surface area contributed by atoms with Crippen molar-refractivity contribution in [2.75, 3.05) is 5.75 Å². The zero-order valence-corrected chi connectivity index (χ0v) is 17.9. The number of allylic oxidation sites excluding steroid dienone is 1. The van der Waals surface area contributed by atoms with Gasteiger partial charge in [-0.1, -0.05) is 50.8 Å². The highest BCUT2D eigenvalue weighted by Crippen LogP contribution is 2.42. The van der Waals surface area contributed by atoms with Gasteiger partial charge in [0.2, 0.25) is 0 Å². The van der Waals surface area contributed by atoms with Crippen LogP contribution in [0.3, 0.4) is 0 Å². The fourth-order valence-electron chi connectivity index (χ4n) is 3.57. The Bertz CT molecular complexity index is 915. The first-order valence-corrected chi connectivity index (χ1v) is 11.0. The van der Waals surface area contributed by atoms with E-state index in [-0.39, 0.29) is 5.56 Å². The first kappa shape index (κ1) is 19.4. The first-order valence-electron chi connectivity index (χ1n) is 9.15. The molecule has 2 aromatic rings. The van der Waals surface area contributed by atoms with Crippen LogP contribution >= 0.6 is 23.1 Å². The topological polar surface area (TPSA) is 34.9 Å². The minimum absolute atomic E-state index is 0.0887. The molecule has 0 spiro atoms.